The highest BCUT2D eigenvalue weighted by atomic mass is 16.4. The smallest absolute Gasteiger partial charge is 0.326 e. The van der Waals surface area contributed by atoms with E-state index in [4.69, 9.17) is 5.11 Å². The minimum Gasteiger partial charge on any atom is -0.480 e. The Morgan fingerprint density at radius 3 is 2.63 bits per heavy atom. The summed E-state index contributed by atoms with van der Waals surface area (Å²) in [5.74, 6) is -1.16. The number of carbonyl (C=O) groups excluding carboxylic acids is 1. The zero-order valence-electron chi connectivity index (χ0n) is 11.1. The topological polar surface area (TPSA) is 69.6 Å². The molecule has 1 aliphatic heterocycles. The first-order valence-electron chi connectivity index (χ1n) is 6.39. The fraction of sp³-hybridized carbons (Fsp3) is 0.429. The Kier molecular flexibility index (Phi) is 3.74. The van der Waals surface area contributed by atoms with Crippen LogP contribution in [0.3, 0.4) is 0 Å². The summed E-state index contributed by atoms with van der Waals surface area (Å²) in [5, 5.41) is 11.7. The molecule has 5 heteroatoms. The van der Waals surface area contributed by atoms with Crippen molar-refractivity contribution in [1.29, 1.82) is 0 Å². The van der Waals surface area contributed by atoms with Gasteiger partial charge in [0.1, 0.15) is 6.04 Å². The highest BCUT2D eigenvalue weighted by Gasteiger charge is 2.29. The molecule has 0 saturated heterocycles. The lowest BCUT2D eigenvalue weighted by Crippen LogP contribution is -2.49. The summed E-state index contributed by atoms with van der Waals surface area (Å²) in [4.78, 5) is 24.9. The van der Waals surface area contributed by atoms with Crippen molar-refractivity contribution in [1.82, 2.24) is 5.32 Å². The van der Waals surface area contributed by atoms with Crippen LogP contribution < -0.4 is 10.2 Å². The van der Waals surface area contributed by atoms with Crippen LogP contribution in [-0.2, 0) is 11.2 Å². The molecule has 1 heterocycles. The van der Waals surface area contributed by atoms with Crippen molar-refractivity contribution in [3.05, 3.63) is 29.8 Å². The van der Waals surface area contributed by atoms with Crippen LogP contribution in [0.15, 0.2) is 24.3 Å². The van der Waals surface area contributed by atoms with Crippen LogP contribution in [-0.4, -0.2) is 29.7 Å². The van der Waals surface area contributed by atoms with Gasteiger partial charge in [0.25, 0.3) is 0 Å². The Bertz CT molecular complexity index is 499. The zero-order valence-corrected chi connectivity index (χ0v) is 11.1. The third-order valence-corrected chi connectivity index (χ3v) is 3.34. The standard InChI is InChI=1S/C14H18N2O3/c1-9(2)12(13(17)18)15-14(19)16-8-7-10-5-3-4-6-11(10)16/h3-6,9,12H,7-8H2,1-2H3,(H,15,19)(H,17,18)/t12-/m0/s1. The minimum absolute atomic E-state index is 0.153. The second-order valence-corrected chi connectivity index (χ2v) is 5.04. The molecule has 1 aromatic rings. The van der Waals surface area contributed by atoms with Crippen molar-refractivity contribution in [2.24, 2.45) is 5.92 Å². The van der Waals surface area contributed by atoms with Crippen molar-refractivity contribution in [3.8, 4) is 0 Å². The zero-order chi connectivity index (χ0) is 14.0. The number of nitrogens with zero attached hydrogens (tertiary/aromatic N) is 1. The summed E-state index contributed by atoms with van der Waals surface area (Å²) < 4.78 is 0. The number of rotatable bonds is 3. The number of nitrogens with one attached hydrogen (secondary N) is 1. The van der Waals surface area contributed by atoms with Gasteiger partial charge in [0, 0.05) is 12.2 Å². The quantitative estimate of drug-likeness (QED) is 0.873. The number of carbonyl (C=O) groups is 2. The average Bonchev–Trinajstić information content (AvgIpc) is 2.78. The molecule has 0 fully saturated rings. The third-order valence-electron chi connectivity index (χ3n) is 3.34. The predicted octanol–water partition coefficient (Wildman–Crippen LogP) is 1.87. The summed E-state index contributed by atoms with van der Waals surface area (Å²) in [6.45, 7) is 4.14. The summed E-state index contributed by atoms with van der Waals surface area (Å²) >= 11 is 0. The lowest BCUT2D eigenvalue weighted by molar-refractivity contribution is -0.140. The molecule has 0 bridgehead atoms. The van der Waals surface area contributed by atoms with Crippen LogP contribution in [0, 0.1) is 5.92 Å². The summed E-state index contributed by atoms with van der Waals surface area (Å²) in [6, 6.07) is 6.48. The number of para-hydroxylation sites is 1. The number of hydrogen-bond donors (Lipinski definition) is 2. The third kappa shape index (κ3) is 2.70. The van der Waals surface area contributed by atoms with Gasteiger partial charge in [-0.15, -0.1) is 0 Å². The second-order valence-electron chi connectivity index (χ2n) is 5.04. The number of aliphatic carboxylic acids is 1. The fourth-order valence-corrected chi connectivity index (χ4v) is 2.27. The Morgan fingerprint density at radius 2 is 2.00 bits per heavy atom. The van der Waals surface area contributed by atoms with E-state index in [0.717, 1.165) is 17.7 Å². The average molecular weight is 262 g/mol. The first-order chi connectivity index (χ1) is 9.00. The number of anilines is 1. The van der Waals surface area contributed by atoms with Gasteiger partial charge in [0.2, 0.25) is 0 Å². The van der Waals surface area contributed by atoms with E-state index in [9.17, 15) is 9.59 Å². The van der Waals surface area contributed by atoms with E-state index < -0.39 is 12.0 Å². The molecule has 19 heavy (non-hydrogen) atoms. The van der Waals surface area contributed by atoms with Crippen LogP contribution in [0.2, 0.25) is 0 Å². The molecule has 0 unspecified atom stereocenters. The van der Waals surface area contributed by atoms with E-state index in [2.05, 4.69) is 5.32 Å². The van der Waals surface area contributed by atoms with Gasteiger partial charge in [-0.1, -0.05) is 32.0 Å². The molecule has 0 spiro atoms. The van der Waals surface area contributed by atoms with E-state index in [1.165, 1.54) is 0 Å². The van der Waals surface area contributed by atoms with Crippen molar-refractivity contribution in [3.63, 3.8) is 0 Å². The first kappa shape index (κ1) is 13.4. The largest absolute Gasteiger partial charge is 0.480 e. The first-order valence-corrected chi connectivity index (χ1v) is 6.39. The van der Waals surface area contributed by atoms with Gasteiger partial charge in [0.15, 0.2) is 0 Å². The van der Waals surface area contributed by atoms with Gasteiger partial charge >= 0.3 is 12.0 Å². The second kappa shape index (κ2) is 5.30. The molecule has 2 amide bonds. The molecule has 0 aromatic heterocycles. The maximum absolute atomic E-state index is 12.2. The van der Waals surface area contributed by atoms with Gasteiger partial charge < -0.3 is 10.4 Å². The molecule has 102 valence electrons. The number of urea groups is 1. The van der Waals surface area contributed by atoms with Gasteiger partial charge in [-0.3, -0.25) is 4.90 Å². The minimum atomic E-state index is -1.00. The van der Waals surface area contributed by atoms with Crippen molar-refractivity contribution in [2.45, 2.75) is 26.3 Å². The molecule has 2 N–H and O–H groups in total. The summed E-state index contributed by atoms with van der Waals surface area (Å²) in [7, 11) is 0. The molecule has 1 atom stereocenters. The Hall–Kier alpha value is -2.04. The number of fused-ring (bicyclic) bond motifs is 1. The molecule has 5 nitrogen and oxygen atoms in total. The van der Waals surface area contributed by atoms with Gasteiger partial charge in [-0.2, -0.15) is 0 Å². The van der Waals surface area contributed by atoms with Gasteiger partial charge in [-0.05, 0) is 24.0 Å². The molecule has 1 aromatic carbocycles. The van der Waals surface area contributed by atoms with E-state index in [1.807, 2.05) is 24.3 Å². The number of amides is 2. The highest BCUT2D eigenvalue weighted by Crippen LogP contribution is 2.27. The van der Waals surface area contributed by atoms with E-state index in [0.29, 0.717) is 6.54 Å². The Labute approximate surface area is 112 Å². The number of carboxylic acid groups (broad SMARTS) is 1. The van der Waals surface area contributed by atoms with Crippen molar-refractivity contribution in [2.75, 3.05) is 11.4 Å². The van der Waals surface area contributed by atoms with E-state index in [-0.39, 0.29) is 11.9 Å². The van der Waals surface area contributed by atoms with E-state index in [1.54, 1.807) is 18.7 Å². The maximum atomic E-state index is 12.2. The molecular formula is C14H18N2O3. The van der Waals surface area contributed by atoms with Crippen LogP contribution in [0.5, 0.6) is 0 Å². The van der Waals surface area contributed by atoms with Crippen LogP contribution >= 0.6 is 0 Å². The Morgan fingerprint density at radius 1 is 1.32 bits per heavy atom. The molecule has 0 radical (unpaired) electrons. The van der Waals surface area contributed by atoms with E-state index >= 15 is 0 Å². The summed E-state index contributed by atoms with van der Waals surface area (Å²) in [5.41, 5.74) is 1.99. The lowest BCUT2D eigenvalue weighted by atomic mass is 10.1. The monoisotopic (exact) mass is 262 g/mol. The van der Waals surface area contributed by atoms with Crippen molar-refractivity contribution < 1.29 is 14.7 Å². The van der Waals surface area contributed by atoms with Crippen LogP contribution in [0.25, 0.3) is 0 Å². The van der Waals surface area contributed by atoms with Crippen molar-refractivity contribution >= 4 is 17.7 Å². The normalized spacial score (nSPS) is 15.2. The lowest BCUT2D eigenvalue weighted by Gasteiger charge is -2.23. The molecule has 1 aliphatic rings. The molecular weight excluding hydrogens is 244 g/mol. The number of hydrogen-bond acceptors (Lipinski definition) is 2. The van der Waals surface area contributed by atoms with Crippen LogP contribution in [0.1, 0.15) is 19.4 Å². The fourth-order valence-electron chi connectivity index (χ4n) is 2.27. The maximum Gasteiger partial charge on any atom is 0.326 e. The SMILES string of the molecule is CC(C)[C@H](NC(=O)N1CCc2ccccc21)C(=O)O. The number of carboxylic acids is 1. The summed E-state index contributed by atoms with van der Waals surface area (Å²) in [6.07, 6.45) is 0.809. The Balaban J connectivity index is 2.12. The molecule has 2 rings (SSSR count). The van der Waals surface area contributed by atoms with Gasteiger partial charge in [0.05, 0.1) is 0 Å². The molecule has 0 saturated carbocycles. The predicted molar refractivity (Wildman–Crippen MR) is 72.3 cm³/mol. The van der Waals surface area contributed by atoms with Gasteiger partial charge in [-0.25, -0.2) is 9.59 Å². The highest BCUT2D eigenvalue weighted by molar-refractivity contribution is 5.96. The molecule has 0 aliphatic carbocycles. The number of benzene rings is 1. The van der Waals surface area contributed by atoms with Crippen LogP contribution in [0.4, 0.5) is 10.5 Å².